The van der Waals surface area contributed by atoms with Gasteiger partial charge in [-0.15, -0.1) is 11.6 Å². The maximum absolute atomic E-state index is 13.4. The van der Waals surface area contributed by atoms with Crippen LogP contribution in [0.25, 0.3) is 11.0 Å². The highest BCUT2D eigenvalue weighted by atomic mass is 35.5. The molecule has 21 heavy (non-hydrogen) atoms. The number of imidazole rings is 1. The SMILES string of the molecule is CC(c1cccc(F)c1)n1c(CCl)nc2cc(F)ccc21. The summed E-state index contributed by atoms with van der Waals surface area (Å²) < 4.78 is 28.7. The molecule has 0 fully saturated rings. The minimum atomic E-state index is -0.341. The summed E-state index contributed by atoms with van der Waals surface area (Å²) in [5.41, 5.74) is 2.14. The number of hydrogen-bond acceptors (Lipinski definition) is 1. The van der Waals surface area contributed by atoms with Gasteiger partial charge in [-0.3, -0.25) is 0 Å². The van der Waals surface area contributed by atoms with E-state index in [1.165, 1.54) is 24.3 Å². The van der Waals surface area contributed by atoms with E-state index in [2.05, 4.69) is 4.98 Å². The number of benzene rings is 2. The molecule has 0 saturated heterocycles. The van der Waals surface area contributed by atoms with Crippen LogP contribution in [0, 0.1) is 11.6 Å². The molecular weight excluding hydrogens is 294 g/mol. The lowest BCUT2D eigenvalue weighted by Crippen LogP contribution is -2.10. The van der Waals surface area contributed by atoms with Crippen molar-refractivity contribution in [3.8, 4) is 0 Å². The zero-order valence-electron chi connectivity index (χ0n) is 11.4. The standard InChI is InChI=1S/C16H13ClF2N2/c1-10(11-3-2-4-12(18)7-11)21-15-6-5-13(19)8-14(15)20-16(21)9-17/h2-8,10H,9H2,1H3. The maximum Gasteiger partial charge on any atom is 0.125 e. The smallest absolute Gasteiger partial charge is 0.125 e. The fraction of sp³-hybridized carbons (Fsp3) is 0.188. The Hall–Kier alpha value is -1.94. The molecule has 108 valence electrons. The van der Waals surface area contributed by atoms with Crippen LogP contribution in [0.5, 0.6) is 0 Å². The van der Waals surface area contributed by atoms with Crippen molar-refractivity contribution in [2.45, 2.75) is 18.8 Å². The highest BCUT2D eigenvalue weighted by Crippen LogP contribution is 2.27. The van der Waals surface area contributed by atoms with Gasteiger partial charge < -0.3 is 4.57 Å². The lowest BCUT2D eigenvalue weighted by Gasteiger charge is -2.17. The zero-order chi connectivity index (χ0) is 15.0. The summed E-state index contributed by atoms with van der Waals surface area (Å²) in [6.45, 7) is 1.94. The van der Waals surface area contributed by atoms with Crippen molar-refractivity contribution in [1.29, 1.82) is 0 Å². The maximum atomic E-state index is 13.4. The molecule has 0 bridgehead atoms. The van der Waals surface area contributed by atoms with Crippen molar-refractivity contribution in [2.24, 2.45) is 0 Å². The molecule has 1 unspecified atom stereocenters. The van der Waals surface area contributed by atoms with Gasteiger partial charge in [-0.05, 0) is 36.8 Å². The van der Waals surface area contributed by atoms with E-state index in [9.17, 15) is 8.78 Å². The van der Waals surface area contributed by atoms with E-state index in [1.807, 2.05) is 17.6 Å². The van der Waals surface area contributed by atoms with Crippen LogP contribution in [0.1, 0.15) is 24.4 Å². The number of rotatable bonds is 3. The van der Waals surface area contributed by atoms with Gasteiger partial charge in [0, 0.05) is 6.07 Å². The van der Waals surface area contributed by atoms with E-state index in [0.29, 0.717) is 11.3 Å². The number of nitrogens with zero attached hydrogens (tertiary/aromatic N) is 2. The van der Waals surface area contributed by atoms with Gasteiger partial charge in [0.05, 0.1) is 23.0 Å². The quantitative estimate of drug-likeness (QED) is 0.643. The van der Waals surface area contributed by atoms with Gasteiger partial charge in [0.15, 0.2) is 0 Å². The normalized spacial score (nSPS) is 12.8. The molecule has 0 aliphatic rings. The Bertz CT molecular complexity index is 798. The zero-order valence-corrected chi connectivity index (χ0v) is 12.1. The molecule has 0 saturated carbocycles. The highest BCUT2D eigenvalue weighted by molar-refractivity contribution is 6.16. The number of fused-ring (bicyclic) bond motifs is 1. The van der Waals surface area contributed by atoms with Gasteiger partial charge in [-0.2, -0.15) is 0 Å². The Morgan fingerprint density at radius 2 is 1.90 bits per heavy atom. The van der Waals surface area contributed by atoms with Crippen molar-refractivity contribution in [2.75, 3.05) is 0 Å². The molecule has 3 aromatic rings. The van der Waals surface area contributed by atoms with E-state index in [-0.39, 0.29) is 23.6 Å². The predicted molar refractivity (Wildman–Crippen MR) is 79.5 cm³/mol. The van der Waals surface area contributed by atoms with Crippen molar-refractivity contribution < 1.29 is 8.78 Å². The topological polar surface area (TPSA) is 17.8 Å². The number of alkyl halides is 1. The third-order valence-electron chi connectivity index (χ3n) is 3.56. The second-order valence-electron chi connectivity index (χ2n) is 4.90. The molecule has 0 spiro atoms. The Morgan fingerprint density at radius 1 is 1.14 bits per heavy atom. The molecular formula is C16H13ClF2N2. The van der Waals surface area contributed by atoms with Gasteiger partial charge >= 0.3 is 0 Å². The molecule has 1 heterocycles. The molecule has 0 N–H and O–H groups in total. The molecule has 2 nitrogen and oxygen atoms in total. The first-order valence-corrected chi connectivity index (χ1v) is 7.11. The molecule has 1 atom stereocenters. The Kier molecular flexibility index (Phi) is 3.64. The van der Waals surface area contributed by atoms with Crippen LogP contribution in [-0.2, 0) is 5.88 Å². The number of halogens is 3. The van der Waals surface area contributed by atoms with E-state index in [1.54, 1.807) is 12.1 Å². The van der Waals surface area contributed by atoms with E-state index in [4.69, 9.17) is 11.6 Å². The van der Waals surface area contributed by atoms with E-state index in [0.717, 1.165) is 11.1 Å². The van der Waals surface area contributed by atoms with Gasteiger partial charge in [0.2, 0.25) is 0 Å². The molecule has 0 aliphatic heterocycles. The van der Waals surface area contributed by atoms with Gasteiger partial charge in [0.25, 0.3) is 0 Å². The molecule has 1 aromatic heterocycles. The number of aromatic nitrogens is 2. The average Bonchev–Trinajstić information content (AvgIpc) is 2.83. The lowest BCUT2D eigenvalue weighted by molar-refractivity contribution is 0.602. The lowest BCUT2D eigenvalue weighted by atomic mass is 10.1. The van der Waals surface area contributed by atoms with Crippen LogP contribution in [0.3, 0.4) is 0 Å². The van der Waals surface area contributed by atoms with Gasteiger partial charge in [-0.25, -0.2) is 13.8 Å². The monoisotopic (exact) mass is 306 g/mol. The summed E-state index contributed by atoms with van der Waals surface area (Å²) in [4.78, 5) is 4.36. The van der Waals surface area contributed by atoms with Crippen LogP contribution in [0.15, 0.2) is 42.5 Å². The molecule has 0 amide bonds. The third-order valence-corrected chi connectivity index (χ3v) is 3.80. The van der Waals surface area contributed by atoms with Crippen molar-refractivity contribution in [3.63, 3.8) is 0 Å². The van der Waals surface area contributed by atoms with Crippen LogP contribution in [0.2, 0.25) is 0 Å². The largest absolute Gasteiger partial charge is 0.320 e. The molecule has 2 aromatic carbocycles. The van der Waals surface area contributed by atoms with Gasteiger partial charge in [0.1, 0.15) is 17.5 Å². The second-order valence-corrected chi connectivity index (χ2v) is 5.16. The minimum Gasteiger partial charge on any atom is -0.320 e. The fourth-order valence-corrected chi connectivity index (χ4v) is 2.75. The molecule has 0 radical (unpaired) electrons. The first-order chi connectivity index (χ1) is 10.1. The first-order valence-electron chi connectivity index (χ1n) is 6.58. The minimum absolute atomic E-state index is 0.148. The summed E-state index contributed by atoms with van der Waals surface area (Å²) >= 11 is 5.95. The summed E-state index contributed by atoms with van der Waals surface area (Å²) in [5.74, 6) is 0.207. The molecule has 3 rings (SSSR count). The van der Waals surface area contributed by atoms with Crippen LogP contribution in [-0.4, -0.2) is 9.55 Å². The highest BCUT2D eigenvalue weighted by Gasteiger charge is 2.17. The van der Waals surface area contributed by atoms with Crippen LogP contribution >= 0.6 is 11.6 Å². The van der Waals surface area contributed by atoms with Crippen molar-refractivity contribution in [1.82, 2.24) is 9.55 Å². The predicted octanol–water partition coefficient (Wildman–Crippen LogP) is 4.66. The Balaban J connectivity index is 2.18. The number of hydrogen-bond donors (Lipinski definition) is 0. The first kappa shape index (κ1) is 14.0. The average molecular weight is 307 g/mol. The summed E-state index contributed by atoms with van der Waals surface area (Å²) in [5, 5.41) is 0. The molecule has 5 heteroatoms. The van der Waals surface area contributed by atoms with Crippen LogP contribution < -0.4 is 0 Å². The summed E-state index contributed by atoms with van der Waals surface area (Å²) in [6.07, 6.45) is 0. The van der Waals surface area contributed by atoms with Gasteiger partial charge in [-0.1, -0.05) is 12.1 Å². The van der Waals surface area contributed by atoms with Crippen molar-refractivity contribution >= 4 is 22.6 Å². The van der Waals surface area contributed by atoms with Crippen molar-refractivity contribution in [3.05, 3.63) is 65.5 Å². The fourth-order valence-electron chi connectivity index (χ4n) is 2.56. The summed E-state index contributed by atoms with van der Waals surface area (Å²) in [6, 6.07) is 10.7. The Morgan fingerprint density at radius 3 is 2.62 bits per heavy atom. The molecule has 0 aliphatic carbocycles. The van der Waals surface area contributed by atoms with E-state index < -0.39 is 0 Å². The second kappa shape index (κ2) is 5.45. The Labute approximate surface area is 126 Å². The van der Waals surface area contributed by atoms with E-state index >= 15 is 0 Å². The summed E-state index contributed by atoms with van der Waals surface area (Å²) in [7, 11) is 0. The third kappa shape index (κ3) is 2.51. The van der Waals surface area contributed by atoms with Crippen LogP contribution in [0.4, 0.5) is 8.78 Å².